The van der Waals surface area contributed by atoms with E-state index in [0.29, 0.717) is 22.4 Å². The number of aromatic nitrogens is 2. The molecule has 2 heterocycles. The van der Waals surface area contributed by atoms with Gasteiger partial charge in [0.1, 0.15) is 11.3 Å². The van der Waals surface area contributed by atoms with E-state index in [0.717, 1.165) is 25.6 Å². The number of hydrogen-bond donors (Lipinski definition) is 2. The summed E-state index contributed by atoms with van der Waals surface area (Å²) >= 11 is 2.17. The number of fused-ring (bicyclic) bond motifs is 2. The highest BCUT2D eigenvalue weighted by atomic mass is 127. The standard InChI is InChI=1S/C26H20IN3O4/c1-14(28-22-6-4-3-5-18(22)26(32)33)19-10-17(27)11-20-23(31)12-24(34-25(19)20)15-7-8-21-16(9-15)13-30(2)29-21/h3-14,28H,1-2H3,(H,32,33). The zero-order valence-corrected chi connectivity index (χ0v) is 20.5. The molecule has 1 unspecified atom stereocenters. The molecule has 2 N–H and O–H groups in total. The van der Waals surface area contributed by atoms with Gasteiger partial charge in [-0.05, 0) is 72.0 Å². The van der Waals surface area contributed by atoms with Crippen molar-refractivity contribution in [2.45, 2.75) is 13.0 Å². The summed E-state index contributed by atoms with van der Waals surface area (Å²) < 4.78 is 8.95. The normalized spacial score (nSPS) is 12.2. The predicted octanol–water partition coefficient (Wildman–Crippen LogP) is 5.82. The highest BCUT2D eigenvalue weighted by molar-refractivity contribution is 14.1. The largest absolute Gasteiger partial charge is 0.478 e. The Hall–Kier alpha value is -3.66. The van der Waals surface area contributed by atoms with Crippen LogP contribution in [-0.2, 0) is 7.05 Å². The molecule has 0 aliphatic heterocycles. The maximum Gasteiger partial charge on any atom is 0.337 e. The molecule has 7 nitrogen and oxygen atoms in total. The number of nitrogens with zero attached hydrogens (tertiary/aromatic N) is 2. The van der Waals surface area contributed by atoms with Gasteiger partial charge < -0.3 is 14.8 Å². The van der Waals surface area contributed by atoms with Gasteiger partial charge in [0.2, 0.25) is 0 Å². The van der Waals surface area contributed by atoms with Crippen molar-refractivity contribution in [3.63, 3.8) is 0 Å². The van der Waals surface area contributed by atoms with Crippen LogP contribution in [0.25, 0.3) is 33.2 Å². The van der Waals surface area contributed by atoms with Gasteiger partial charge in [-0.1, -0.05) is 12.1 Å². The van der Waals surface area contributed by atoms with Gasteiger partial charge in [-0.3, -0.25) is 9.48 Å². The van der Waals surface area contributed by atoms with E-state index in [-0.39, 0.29) is 17.0 Å². The molecule has 0 radical (unpaired) electrons. The van der Waals surface area contributed by atoms with E-state index in [4.69, 9.17) is 4.42 Å². The number of carboxylic acids is 1. The van der Waals surface area contributed by atoms with E-state index in [1.165, 1.54) is 6.07 Å². The molecule has 2 aromatic heterocycles. The molecule has 0 amide bonds. The van der Waals surface area contributed by atoms with Crippen molar-refractivity contribution >= 4 is 56.1 Å². The van der Waals surface area contributed by atoms with Crippen LogP contribution in [0.4, 0.5) is 5.69 Å². The lowest BCUT2D eigenvalue weighted by atomic mass is 10.0. The number of para-hydroxylation sites is 1. The topological polar surface area (TPSA) is 97.4 Å². The average molecular weight is 565 g/mol. The molecule has 0 bridgehead atoms. The Kier molecular flexibility index (Phi) is 5.60. The SMILES string of the molecule is CC(Nc1ccccc1C(=O)O)c1cc(I)cc2c(=O)cc(-c3ccc4nn(C)cc4c3)oc12. The molecule has 0 fully saturated rings. The predicted molar refractivity (Wildman–Crippen MR) is 140 cm³/mol. The van der Waals surface area contributed by atoms with Gasteiger partial charge >= 0.3 is 5.97 Å². The number of nitrogens with one attached hydrogen (secondary N) is 1. The van der Waals surface area contributed by atoms with Crippen LogP contribution in [0, 0.1) is 3.57 Å². The second kappa shape index (κ2) is 8.60. The van der Waals surface area contributed by atoms with Crippen LogP contribution in [0.2, 0.25) is 0 Å². The summed E-state index contributed by atoms with van der Waals surface area (Å²) in [5.41, 5.74) is 3.41. The van der Waals surface area contributed by atoms with E-state index in [2.05, 4.69) is 33.0 Å². The van der Waals surface area contributed by atoms with Gasteiger partial charge in [-0.2, -0.15) is 5.10 Å². The first-order valence-corrected chi connectivity index (χ1v) is 11.7. The van der Waals surface area contributed by atoms with E-state index in [1.807, 2.05) is 44.4 Å². The van der Waals surface area contributed by atoms with Crippen LogP contribution < -0.4 is 10.7 Å². The third-order valence-electron chi connectivity index (χ3n) is 5.72. The zero-order valence-electron chi connectivity index (χ0n) is 18.4. The number of halogens is 1. The summed E-state index contributed by atoms with van der Waals surface area (Å²) in [7, 11) is 1.86. The second-order valence-corrected chi connectivity index (χ2v) is 9.39. The third kappa shape index (κ3) is 4.05. The van der Waals surface area contributed by atoms with Crippen molar-refractivity contribution in [3.8, 4) is 11.3 Å². The van der Waals surface area contributed by atoms with Crippen LogP contribution in [0.3, 0.4) is 0 Å². The Morgan fingerprint density at radius 3 is 2.74 bits per heavy atom. The van der Waals surface area contributed by atoms with Crippen molar-refractivity contribution in [1.82, 2.24) is 9.78 Å². The van der Waals surface area contributed by atoms with E-state index < -0.39 is 5.97 Å². The van der Waals surface area contributed by atoms with E-state index in [9.17, 15) is 14.7 Å². The first-order valence-electron chi connectivity index (χ1n) is 10.6. The van der Waals surface area contributed by atoms with Crippen LogP contribution in [0.15, 0.2) is 76.1 Å². The fourth-order valence-corrected chi connectivity index (χ4v) is 4.77. The quantitative estimate of drug-likeness (QED) is 0.261. The first-order chi connectivity index (χ1) is 16.3. The summed E-state index contributed by atoms with van der Waals surface area (Å²) in [4.78, 5) is 24.7. The van der Waals surface area contributed by atoms with Crippen molar-refractivity contribution in [3.05, 3.63) is 91.8 Å². The van der Waals surface area contributed by atoms with Crippen LogP contribution in [-0.4, -0.2) is 20.9 Å². The maximum absolute atomic E-state index is 13.1. The molecule has 8 heteroatoms. The maximum atomic E-state index is 13.1. The zero-order chi connectivity index (χ0) is 24.0. The molecule has 0 aliphatic carbocycles. The Labute approximate surface area is 208 Å². The van der Waals surface area contributed by atoms with Gasteiger partial charge in [-0.25, -0.2) is 4.79 Å². The minimum Gasteiger partial charge on any atom is -0.478 e. The Morgan fingerprint density at radius 1 is 1.15 bits per heavy atom. The highest BCUT2D eigenvalue weighted by Gasteiger charge is 2.19. The number of aryl methyl sites for hydroxylation is 1. The fraction of sp³-hybridized carbons (Fsp3) is 0.115. The van der Waals surface area contributed by atoms with Gasteiger partial charge in [0, 0.05) is 45.1 Å². The monoisotopic (exact) mass is 565 g/mol. The molecule has 1 atom stereocenters. The smallest absolute Gasteiger partial charge is 0.337 e. The van der Waals surface area contributed by atoms with Crippen LogP contribution in [0.5, 0.6) is 0 Å². The molecular weight excluding hydrogens is 545 g/mol. The number of rotatable bonds is 5. The highest BCUT2D eigenvalue weighted by Crippen LogP contribution is 2.32. The van der Waals surface area contributed by atoms with Gasteiger partial charge in [0.15, 0.2) is 5.43 Å². The third-order valence-corrected chi connectivity index (χ3v) is 6.34. The Balaban J connectivity index is 1.64. The lowest BCUT2D eigenvalue weighted by molar-refractivity contribution is 0.0698. The molecule has 34 heavy (non-hydrogen) atoms. The van der Waals surface area contributed by atoms with E-state index >= 15 is 0 Å². The van der Waals surface area contributed by atoms with E-state index in [1.54, 1.807) is 35.0 Å². The van der Waals surface area contributed by atoms with Crippen molar-refractivity contribution < 1.29 is 14.3 Å². The van der Waals surface area contributed by atoms with Crippen molar-refractivity contribution in [2.24, 2.45) is 7.05 Å². The molecule has 170 valence electrons. The van der Waals surface area contributed by atoms with Crippen molar-refractivity contribution in [1.29, 1.82) is 0 Å². The number of carbonyl (C=O) groups is 1. The van der Waals surface area contributed by atoms with Crippen LogP contribution >= 0.6 is 22.6 Å². The Bertz CT molecular complexity index is 1640. The first kappa shape index (κ1) is 22.1. The van der Waals surface area contributed by atoms with Gasteiger partial charge in [-0.15, -0.1) is 0 Å². The molecule has 0 spiro atoms. The molecule has 5 aromatic rings. The molecule has 0 aliphatic rings. The fourth-order valence-electron chi connectivity index (χ4n) is 4.12. The minimum atomic E-state index is -1.01. The number of benzene rings is 3. The lowest BCUT2D eigenvalue weighted by Gasteiger charge is -2.19. The van der Waals surface area contributed by atoms with Gasteiger partial charge in [0.05, 0.1) is 22.5 Å². The second-order valence-electron chi connectivity index (χ2n) is 8.14. The average Bonchev–Trinajstić information content (AvgIpc) is 3.18. The summed E-state index contributed by atoms with van der Waals surface area (Å²) in [6, 6.07) is 17.4. The minimum absolute atomic E-state index is 0.138. The van der Waals surface area contributed by atoms with Crippen LogP contribution in [0.1, 0.15) is 28.9 Å². The number of carboxylic acid groups (broad SMARTS) is 1. The molecule has 0 saturated carbocycles. The summed E-state index contributed by atoms with van der Waals surface area (Å²) in [6.07, 6.45) is 1.91. The van der Waals surface area contributed by atoms with Crippen molar-refractivity contribution in [2.75, 3.05) is 5.32 Å². The summed E-state index contributed by atoms with van der Waals surface area (Å²) in [5.74, 6) is -0.550. The molecule has 0 saturated heterocycles. The lowest BCUT2D eigenvalue weighted by Crippen LogP contribution is -2.12. The molecular formula is C26H20IN3O4. The number of anilines is 1. The van der Waals surface area contributed by atoms with Gasteiger partial charge in [0.25, 0.3) is 0 Å². The molecule has 5 rings (SSSR count). The number of aromatic carboxylic acids is 1. The summed E-state index contributed by atoms with van der Waals surface area (Å²) in [5, 5.41) is 18.6. The number of hydrogen-bond acceptors (Lipinski definition) is 5. The molecule has 3 aromatic carbocycles. The summed E-state index contributed by atoms with van der Waals surface area (Å²) in [6.45, 7) is 1.91. The Morgan fingerprint density at radius 2 is 1.94 bits per heavy atom.